The lowest BCUT2D eigenvalue weighted by Crippen LogP contribution is -2.31. The van der Waals surface area contributed by atoms with Crippen molar-refractivity contribution in [2.45, 2.75) is 19.3 Å². The highest BCUT2D eigenvalue weighted by Crippen LogP contribution is 2.52. The van der Waals surface area contributed by atoms with Crippen LogP contribution < -0.4 is 0 Å². The van der Waals surface area contributed by atoms with Gasteiger partial charge in [-0.1, -0.05) is 0 Å². The molecular weight excluding hydrogens is 156 g/mol. The molecular formula is C9H14O3. The summed E-state index contributed by atoms with van der Waals surface area (Å²) < 4.78 is 0. The maximum atomic E-state index is 10.8. The highest BCUT2D eigenvalue weighted by molar-refractivity contribution is 5.71. The van der Waals surface area contributed by atoms with Crippen molar-refractivity contribution in [1.82, 2.24) is 0 Å². The smallest absolute Gasteiger partial charge is 0.307 e. The molecule has 68 valence electrons. The summed E-state index contributed by atoms with van der Waals surface area (Å²) in [5.74, 6) is -0.0815. The third-order valence-corrected chi connectivity index (χ3v) is 3.58. The van der Waals surface area contributed by atoms with Gasteiger partial charge in [-0.3, -0.25) is 4.79 Å². The molecule has 0 heterocycles. The summed E-state index contributed by atoms with van der Waals surface area (Å²) in [6.45, 7) is 0.0537. The fourth-order valence-electron chi connectivity index (χ4n) is 3.06. The molecule has 0 spiro atoms. The van der Waals surface area contributed by atoms with Crippen LogP contribution in [0.25, 0.3) is 0 Å². The van der Waals surface area contributed by atoms with Crippen LogP contribution >= 0.6 is 0 Å². The molecule has 2 unspecified atom stereocenters. The first-order chi connectivity index (χ1) is 5.74. The number of carboxylic acid groups (broad SMARTS) is 1. The van der Waals surface area contributed by atoms with Gasteiger partial charge < -0.3 is 10.2 Å². The van der Waals surface area contributed by atoms with Gasteiger partial charge in [-0.25, -0.2) is 0 Å². The molecule has 0 aromatic heterocycles. The predicted molar refractivity (Wildman–Crippen MR) is 42.5 cm³/mol. The molecule has 2 aliphatic rings. The van der Waals surface area contributed by atoms with Crippen molar-refractivity contribution in [3.8, 4) is 0 Å². The average molecular weight is 170 g/mol. The van der Waals surface area contributed by atoms with Gasteiger partial charge >= 0.3 is 5.97 Å². The standard InChI is InChI=1S/C9H14O3/c10-4-7-5-1-2-6(3-5)8(7)9(11)12/h5-8,10H,1-4H2,(H,11,12)/t5?,6?,7-,8-/m0/s1. The van der Waals surface area contributed by atoms with E-state index in [-0.39, 0.29) is 18.4 Å². The number of fused-ring (bicyclic) bond motifs is 2. The highest BCUT2D eigenvalue weighted by atomic mass is 16.4. The van der Waals surface area contributed by atoms with Crippen molar-refractivity contribution in [2.75, 3.05) is 6.61 Å². The molecule has 2 bridgehead atoms. The number of aliphatic hydroxyl groups is 1. The number of aliphatic hydroxyl groups excluding tert-OH is 1. The van der Waals surface area contributed by atoms with Crippen LogP contribution in [0.4, 0.5) is 0 Å². The molecule has 0 aromatic carbocycles. The minimum absolute atomic E-state index is 0.0428. The SMILES string of the molecule is O=C(O)[C@H]1C2CCC(C2)[C@@H]1CO. The molecule has 2 aliphatic carbocycles. The van der Waals surface area contributed by atoms with Gasteiger partial charge in [0.15, 0.2) is 0 Å². The molecule has 12 heavy (non-hydrogen) atoms. The first-order valence-corrected chi connectivity index (χ1v) is 4.57. The molecule has 0 aromatic rings. The van der Waals surface area contributed by atoms with Gasteiger partial charge in [0, 0.05) is 6.61 Å². The Bertz CT molecular complexity index is 202. The quantitative estimate of drug-likeness (QED) is 0.642. The second kappa shape index (κ2) is 2.73. The van der Waals surface area contributed by atoms with Crippen molar-refractivity contribution >= 4 is 5.97 Å². The summed E-state index contributed by atoms with van der Waals surface area (Å²) in [6.07, 6.45) is 3.21. The van der Waals surface area contributed by atoms with Crippen LogP contribution in [0, 0.1) is 23.7 Å². The molecule has 3 heteroatoms. The van der Waals surface area contributed by atoms with Crippen LogP contribution in [0.1, 0.15) is 19.3 Å². The fourth-order valence-corrected chi connectivity index (χ4v) is 3.06. The predicted octanol–water partition coefficient (Wildman–Crippen LogP) is 0.726. The Balaban J connectivity index is 2.16. The molecule has 0 aliphatic heterocycles. The molecule has 3 nitrogen and oxygen atoms in total. The summed E-state index contributed by atoms with van der Waals surface area (Å²) in [7, 11) is 0. The van der Waals surface area contributed by atoms with E-state index in [9.17, 15) is 4.79 Å². The van der Waals surface area contributed by atoms with Gasteiger partial charge in [-0.2, -0.15) is 0 Å². The number of carboxylic acids is 1. The minimum atomic E-state index is -0.707. The number of aliphatic carboxylic acids is 1. The molecule has 2 N–H and O–H groups in total. The second-order valence-electron chi connectivity index (χ2n) is 4.04. The minimum Gasteiger partial charge on any atom is -0.481 e. The van der Waals surface area contributed by atoms with Crippen LogP contribution in [0.15, 0.2) is 0 Å². The Hall–Kier alpha value is -0.570. The van der Waals surface area contributed by atoms with Crippen molar-refractivity contribution in [3.05, 3.63) is 0 Å². The zero-order valence-electron chi connectivity index (χ0n) is 6.94. The molecule has 0 radical (unpaired) electrons. The maximum Gasteiger partial charge on any atom is 0.307 e. The topological polar surface area (TPSA) is 57.5 Å². The molecule has 0 saturated heterocycles. The van der Waals surface area contributed by atoms with Crippen molar-refractivity contribution in [1.29, 1.82) is 0 Å². The van der Waals surface area contributed by atoms with Crippen LogP contribution in [-0.4, -0.2) is 22.8 Å². The zero-order chi connectivity index (χ0) is 8.72. The fraction of sp³-hybridized carbons (Fsp3) is 0.889. The van der Waals surface area contributed by atoms with Crippen LogP contribution in [-0.2, 0) is 4.79 Å². The van der Waals surface area contributed by atoms with E-state index in [1.807, 2.05) is 0 Å². The van der Waals surface area contributed by atoms with E-state index >= 15 is 0 Å². The number of hydrogen-bond donors (Lipinski definition) is 2. The zero-order valence-corrected chi connectivity index (χ0v) is 6.94. The van der Waals surface area contributed by atoms with Gasteiger partial charge in [0.1, 0.15) is 0 Å². The third-order valence-electron chi connectivity index (χ3n) is 3.58. The first kappa shape index (κ1) is 8.05. The second-order valence-corrected chi connectivity index (χ2v) is 4.04. The van der Waals surface area contributed by atoms with Gasteiger partial charge in [0.05, 0.1) is 5.92 Å². The van der Waals surface area contributed by atoms with Crippen LogP contribution in [0.2, 0.25) is 0 Å². The molecule has 2 saturated carbocycles. The molecule has 2 rings (SSSR count). The van der Waals surface area contributed by atoms with Gasteiger partial charge in [-0.05, 0) is 37.0 Å². The Labute approximate surface area is 71.4 Å². The van der Waals surface area contributed by atoms with E-state index in [0.29, 0.717) is 11.8 Å². The van der Waals surface area contributed by atoms with Crippen molar-refractivity contribution in [3.63, 3.8) is 0 Å². The Morgan fingerprint density at radius 3 is 2.50 bits per heavy atom. The van der Waals surface area contributed by atoms with E-state index in [0.717, 1.165) is 19.3 Å². The highest BCUT2D eigenvalue weighted by Gasteiger charge is 2.50. The van der Waals surface area contributed by atoms with Crippen molar-refractivity contribution < 1.29 is 15.0 Å². The monoisotopic (exact) mass is 170 g/mol. The summed E-state index contributed by atoms with van der Waals surface area (Å²) in [6, 6.07) is 0. The van der Waals surface area contributed by atoms with E-state index in [4.69, 9.17) is 10.2 Å². The van der Waals surface area contributed by atoms with Gasteiger partial charge in [0.2, 0.25) is 0 Å². The van der Waals surface area contributed by atoms with Crippen LogP contribution in [0.5, 0.6) is 0 Å². The van der Waals surface area contributed by atoms with Crippen LogP contribution in [0.3, 0.4) is 0 Å². The first-order valence-electron chi connectivity index (χ1n) is 4.57. The Kier molecular flexibility index (Phi) is 1.83. The summed E-state index contributed by atoms with van der Waals surface area (Å²) in [5.41, 5.74) is 0. The average Bonchev–Trinajstić information content (AvgIpc) is 2.60. The summed E-state index contributed by atoms with van der Waals surface area (Å²) in [4.78, 5) is 10.8. The van der Waals surface area contributed by atoms with Gasteiger partial charge in [0.25, 0.3) is 0 Å². The van der Waals surface area contributed by atoms with Gasteiger partial charge in [-0.15, -0.1) is 0 Å². The van der Waals surface area contributed by atoms with E-state index in [2.05, 4.69) is 0 Å². The van der Waals surface area contributed by atoms with Crippen molar-refractivity contribution in [2.24, 2.45) is 23.7 Å². The lowest BCUT2D eigenvalue weighted by Gasteiger charge is -2.25. The number of carbonyl (C=O) groups is 1. The summed E-state index contributed by atoms with van der Waals surface area (Å²) >= 11 is 0. The number of rotatable bonds is 2. The van der Waals surface area contributed by atoms with E-state index < -0.39 is 5.97 Å². The van der Waals surface area contributed by atoms with E-state index in [1.54, 1.807) is 0 Å². The largest absolute Gasteiger partial charge is 0.481 e. The molecule has 4 atom stereocenters. The Morgan fingerprint density at radius 1 is 1.33 bits per heavy atom. The molecule has 2 fully saturated rings. The van der Waals surface area contributed by atoms with E-state index in [1.165, 1.54) is 0 Å². The summed E-state index contributed by atoms with van der Waals surface area (Å²) in [5, 5.41) is 18.0. The Morgan fingerprint density at radius 2 is 2.00 bits per heavy atom. The third kappa shape index (κ3) is 0.959. The maximum absolute atomic E-state index is 10.8. The lowest BCUT2D eigenvalue weighted by atomic mass is 9.80. The number of hydrogen-bond acceptors (Lipinski definition) is 2. The lowest BCUT2D eigenvalue weighted by molar-refractivity contribution is -0.146. The molecule has 0 amide bonds. The normalized spacial score (nSPS) is 45.1.